The molecule has 158 valence electrons. The Kier molecular flexibility index (Phi) is 6.19. The minimum atomic E-state index is 0.462. The van der Waals surface area contributed by atoms with Crippen LogP contribution in [0.1, 0.15) is 41.8 Å². The summed E-state index contributed by atoms with van der Waals surface area (Å²) >= 11 is 0. The van der Waals surface area contributed by atoms with E-state index in [1.54, 1.807) is 0 Å². The number of aryl methyl sites for hydroxylation is 1. The van der Waals surface area contributed by atoms with Crippen molar-refractivity contribution in [1.82, 2.24) is 15.1 Å². The van der Waals surface area contributed by atoms with E-state index in [0.29, 0.717) is 6.04 Å². The van der Waals surface area contributed by atoms with Crippen LogP contribution in [0.15, 0.2) is 66.7 Å². The maximum absolute atomic E-state index is 6.10. The van der Waals surface area contributed by atoms with Crippen molar-refractivity contribution >= 4 is 28.7 Å². The Bertz CT molecular complexity index is 1190. The van der Waals surface area contributed by atoms with Gasteiger partial charge in [-0.25, -0.2) is 0 Å². The first-order valence-corrected chi connectivity index (χ1v) is 10.8. The molecule has 4 heteroatoms. The van der Waals surface area contributed by atoms with Crippen LogP contribution in [0.5, 0.6) is 0 Å². The summed E-state index contributed by atoms with van der Waals surface area (Å²) in [7, 11) is 0. The summed E-state index contributed by atoms with van der Waals surface area (Å²) in [6, 6.07) is 23.9. The predicted molar refractivity (Wildman–Crippen MR) is 131 cm³/mol. The highest BCUT2D eigenvalue weighted by Crippen LogP contribution is 2.24. The molecule has 0 spiro atoms. The van der Waals surface area contributed by atoms with E-state index in [9.17, 15) is 0 Å². The van der Waals surface area contributed by atoms with Crippen molar-refractivity contribution < 1.29 is 0 Å². The molecule has 0 saturated heterocycles. The Morgan fingerprint density at radius 3 is 2.45 bits per heavy atom. The molecule has 4 rings (SSSR count). The summed E-state index contributed by atoms with van der Waals surface area (Å²) in [5.41, 5.74) is 13.7. The number of fused-ring (bicyclic) bond motifs is 1. The largest absolute Gasteiger partial charge is 0.398 e. The number of anilines is 1. The predicted octanol–water partition coefficient (Wildman–Crippen LogP) is 6.03. The van der Waals surface area contributed by atoms with Crippen molar-refractivity contribution in [3.63, 3.8) is 0 Å². The molecular weight excluding hydrogens is 380 g/mol. The van der Waals surface area contributed by atoms with Gasteiger partial charge < -0.3 is 5.73 Å². The second-order valence-electron chi connectivity index (χ2n) is 8.43. The van der Waals surface area contributed by atoms with Crippen molar-refractivity contribution in [3.8, 4) is 0 Å². The molecule has 0 aliphatic rings. The first-order valence-electron chi connectivity index (χ1n) is 10.8. The van der Waals surface area contributed by atoms with E-state index in [0.717, 1.165) is 46.5 Å². The van der Waals surface area contributed by atoms with E-state index in [1.807, 2.05) is 19.1 Å². The first kappa shape index (κ1) is 20.9. The van der Waals surface area contributed by atoms with Gasteiger partial charge in [0.2, 0.25) is 0 Å². The lowest BCUT2D eigenvalue weighted by Gasteiger charge is -2.26. The standard InChI is InChI=1S/C27H30N4/c1-19(2)31(17-22-8-5-4-6-9-22)18-23-11-7-10-21(15-23)12-13-26-24-16-25(28)20(3)14-27(24)30-29-26/h4-16,19H,17-18,28H2,1-3H3,(H,29,30)/b13-12+. The molecule has 0 atom stereocenters. The number of aromatic nitrogens is 2. The lowest BCUT2D eigenvalue weighted by molar-refractivity contribution is 0.203. The number of nitrogens with one attached hydrogen (secondary N) is 1. The molecule has 0 unspecified atom stereocenters. The molecular formula is C27H30N4. The number of rotatable bonds is 7. The zero-order chi connectivity index (χ0) is 21.8. The Balaban J connectivity index is 1.52. The molecule has 4 aromatic rings. The average molecular weight is 411 g/mol. The molecule has 4 nitrogen and oxygen atoms in total. The van der Waals surface area contributed by atoms with Crippen molar-refractivity contribution in [1.29, 1.82) is 0 Å². The maximum Gasteiger partial charge on any atom is 0.0928 e. The molecule has 0 bridgehead atoms. The highest BCUT2D eigenvalue weighted by Gasteiger charge is 2.11. The second-order valence-corrected chi connectivity index (χ2v) is 8.43. The molecule has 3 N–H and O–H groups in total. The minimum Gasteiger partial charge on any atom is -0.398 e. The Hall–Kier alpha value is -3.37. The van der Waals surface area contributed by atoms with Crippen LogP contribution in [0.3, 0.4) is 0 Å². The van der Waals surface area contributed by atoms with E-state index >= 15 is 0 Å². The Morgan fingerprint density at radius 2 is 1.68 bits per heavy atom. The van der Waals surface area contributed by atoms with Crippen LogP contribution in [0.2, 0.25) is 0 Å². The Labute approximate surface area is 184 Å². The highest BCUT2D eigenvalue weighted by molar-refractivity contribution is 5.92. The summed E-state index contributed by atoms with van der Waals surface area (Å²) in [5.74, 6) is 0. The van der Waals surface area contributed by atoms with E-state index < -0.39 is 0 Å². The molecule has 0 radical (unpaired) electrons. The molecule has 0 saturated carbocycles. The number of hydrogen-bond donors (Lipinski definition) is 2. The maximum atomic E-state index is 6.10. The smallest absolute Gasteiger partial charge is 0.0928 e. The molecule has 1 heterocycles. The highest BCUT2D eigenvalue weighted by atomic mass is 15.1. The molecule has 0 fully saturated rings. The van der Waals surface area contributed by atoms with Crippen LogP contribution in [0.25, 0.3) is 23.1 Å². The number of nitrogen functional groups attached to an aromatic ring is 1. The van der Waals surface area contributed by atoms with Gasteiger partial charge in [0.25, 0.3) is 0 Å². The fourth-order valence-electron chi connectivity index (χ4n) is 3.78. The van der Waals surface area contributed by atoms with Gasteiger partial charge in [0.15, 0.2) is 0 Å². The molecule has 3 aromatic carbocycles. The van der Waals surface area contributed by atoms with Gasteiger partial charge in [0.1, 0.15) is 0 Å². The number of aromatic amines is 1. The van der Waals surface area contributed by atoms with Gasteiger partial charge in [-0.15, -0.1) is 0 Å². The average Bonchev–Trinajstić information content (AvgIpc) is 3.14. The lowest BCUT2D eigenvalue weighted by Crippen LogP contribution is -2.29. The van der Waals surface area contributed by atoms with Crippen LogP contribution in [-0.2, 0) is 13.1 Å². The van der Waals surface area contributed by atoms with Crippen LogP contribution in [0.4, 0.5) is 5.69 Å². The third-order valence-electron chi connectivity index (χ3n) is 5.71. The molecule has 31 heavy (non-hydrogen) atoms. The number of hydrogen-bond acceptors (Lipinski definition) is 3. The molecule has 0 amide bonds. The number of benzene rings is 3. The van der Waals surface area contributed by atoms with Crippen LogP contribution >= 0.6 is 0 Å². The monoisotopic (exact) mass is 410 g/mol. The first-order chi connectivity index (χ1) is 15.0. The quantitative estimate of drug-likeness (QED) is 0.366. The zero-order valence-corrected chi connectivity index (χ0v) is 18.5. The summed E-state index contributed by atoms with van der Waals surface area (Å²) in [6.45, 7) is 8.37. The number of H-pyrrole nitrogens is 1. The van der Waals surface area contributed by atoms with Gasteiger partial charge in [-0.3, -0.25) is 10.00 Å². The Morgan fingerprint density at radius 1 is 0.935 bits per heavy atom. The summed E-state index contributed by atoms with van der Waals surface area (Å²) in [5, 5.41) is 8.61. The second kappa shape index (κ2) is 9.19. The van der Waals surface area contributed by atoms with Crippen molar-refractivity contribution in [2.24, 2.45) is 0 Å². The third kappa shape index (κ3) is 5.04. The van der Waals surface area contributed by atoms with Crippen molar-refractivity contribution in [3.05, 3.63) is 94.7 Å². The minimum absolute atomic E-state index is 0.462. The fraction of sp³-hybridized carbons (Fsp3) is 0.222. The van der Waals surface area contributed by atoms with Gasteiger partial charge >= 0.3 is 0 Å². The summed E-state index contributed by atoms with van der Waals surface area (Å²) in [4.78, 5) is 2.49. The van der Waals surface area contributed by atoms with Gasteiger partial charge in [0, 0.05) is 30.2 Å². The number of nitrogens with two attached hydrogens (primary N) is 1. The lowest BCUT2D eigenvalue weighted by atomic mass is 10.1. The molecule has 0 aliphatic carbocycles. The SMILES string of the molecule is Cc1cc2[nH]nc(/C=C/c3cccc(CN(Cc4ccccc4)C(C)C)c3)c2cc1N. The van der Waals surface area contributed by atoms with Crippen molar-refractivity contribution in [2.45, 2.75) is 39.9 Å². The van der Waals surface area contributed by atoms with Gasteiger partial charge in [0.05, 0.1) is 11.2 Å². The third-order valence-corrected chi connectivity index (χ3v) is 5.71. The van der Waals surface area contributed by atoms with E-state index in [4.69, 9.17) is 5.73 Å². The van der Waals surface area contributed by atoms with Crippen molar-refractivity contribution in [2.75, 3.05) is 5.73 Å². The fourth-order valence-corrected chi connectivity index (χ4v) is 3.78. The van der Waals surface area contributed by atoms with E-state index in [1.165, 1.54) is 11.1 Å². The van der Waals surface area contributed by atoms with E-state index in [-0.39, 0.29) is 0 Å². The van der Waals surface area contributed by atoms with Crippen LogP contribution in [0, 0.1) is 6.92 Å². The van der Waals surface area contributed by atoms with Gasteiger partial charge in [-0.2, -0.15) is 5.10 Å². The normalized spacial score (nSPS) is 11.9. The van der Waals surface area contributed by atoms with E-state index in [2.05, 4.69) is 95.7 Å². The van der Waals surface area contributed by atoms with Crippen LogP contribution in [-0.4, -0.2) is 21.1 Å². The van der Waals surface area contributed by atoms with Gasteiger partial charge in [-0.05, 0) is 61.2 Å². The number of nitrogens with zero attached hydrogens (tertiary/aromatic N) is 2. The van der Waals surface area contributed by atoms with Gasteiger partial charge in [-0.1, -0.05) is 60.7 Å². The van der Waals surface area contributed by atoms with Crippen LogP contribution < -0.4 is 5.73 Å². The summed E-state index contributed by atoms with van der Waals surface area (Å²) in [6.07, 6.45) is 4.17. The summed E-state index contributed by atoms with van der Waals surface area (Å²) < 4.78 is 0. The zero-order valence-electron chi connectivity index (χ0n) is 18.5. The molecule has 0 aliphatic heterocycles. The molecule has 1 aromatic heterocycles. The topological polar surface area (TPSA) is 57.9 Å².